The highest BCUT2D eigenvalue weighted by Crippen LogP contribution is 2.42. The molecular weight excluding hydrogens is 512 g/mol. The lowest BCUT2D eigenvalue weighted by atomic mass is 10.0. The zero-order valence-electron chi connectivity index (χ0n) is 22.3. The van der Waals surface area contributed by atoms with Crippen molar-refractivity contribution in [2.45, 2.75) is 31.5 Å². The third kappa shape index (κ3) is 5.22. The number of fused-ring (bicyclic) bond motifs is 1. The summed E-state index contributed by atoms with van der Waals surface area (Å²) >= 11 is 1.39. The highest BCUT2D eigenvalue weighted by Gasteiger charge is 2.40. The summed E-state index contributed by atoms with van der Waals surface area (Å²) in [6, 6.07) is 22.0. The van der Waals surface area contributed by atoms with Crippen LogP contribution in [0.5, 0.6) is 11.5 Å². The number of amides is 2. The van der Waals surface area contributed by atoms with E-state index in [0.717, 1.165) is 21.8 Å². The number of hydrogen-bond acceptors (Lipinski definition) is 6. The van der Waals surface area contributed by atoms with Crippen LogP contribution in [0.1, 0.15) is 28.4 Å². The molecular formula is C30H30N4O4S. The summed E-state index contributed by atoms with van der Waals surface area (Å²) in [4.78, 5) is 29.3. The Morgan fingerprint density at radius 2 is 1.69 bits per heavy atom. The second kappa shape index (κ2) is 11.2. The summed E-state index contributed by atoms with van der Waals surface area (Å²) in [7, 11) is 3.10. The fourth-order valence-electron chi connectivity index (χ4n) is 4.70. The molecule has 2 heterocycles. The first kappa shape index (κ1) is 26.4. The Bertz CT molecular complexity index is 1500. The van der Waals surface area contributed by atoms with Crippen LogP contribution >= 0.6 is 11.8 Å². The molecule has 1 N–H and O–H groups in total. The Morgan fingerprint density at radius 3 is 2.38 bits per heavy atom. The molecule has 0 radical (unpaired) electrons. The summed E-state index contributed by atoms with van der Waals surface area (Å²) in [5.74, 6) is 0.652. The van der Waals surface area contributed by atoms with E-state index in [4.69, 9.17) is 14.6 Å². The molecule has 5 rings (SSSR count). The van der Waals surface area contributed by atoms with E-state index < -0.39 is 6.04 Å². The van der Waals surface area contributed by atoms with Gasteiger partial charge in [-0.3, -0.25) is 14.5 Å². The molecule has 200 valence electrons. The number of nitrogens with one attached hydrogen (secondary N) is 1. The molecule has 9 heteroatoms. The van der Waals surface area contributed by atoms with Crippen LogP contribution in [0.3, 0.4) is 0 Å². The fraction of sp³-hybridized carbons (Fsp3) is 0.233. The molecule has 4 aromatic rings. The molecule has 0 spiro atoms. The summed E-state index contributed by atoms with van der Waals surface area (Å²) in [5, 5.41) is 8.65. The van der Waals surface area contributed by atoms with E-state index in [-0.39, 0.29) is 17.6 Å². The van der Waals surface area contributed by atoms with Crippen LogP contribution in [0.25, 0.3) is 5.69 Å². The number of para-hydroxylation sites is 1. The summed E-state index contributed by atoms with van der Waals surface area (Å²) < 4.78 is 12.7. The molecule has 0 saturated carbocycles. The minimum Gasteiger partial charge on any atom is -0.493 e. The standard InChI is InChI=1S/C30H30N4O4S/c1-19-10-12-21(13-11-19)17-31-29(36)28-27-20(2)32-34(22-8-6-5-7-9-22)30(27)39-18-26(35)33(28)23-14-15-24(37-3)25(16-23)38-4/h5-16,28H,17-18H2,1-4H3,(H,31,36)/t28-/m1/s1. The van der Waals surface area contributed by atoms with E-state index in [1.54, 1.807) is 37.3 Å². The second-order valence-corrected chi connectivity index (χ2v) is 10.2. The molecule has 0 saturated heterocycles. The lowest BCUT2D eigenvalue weighted by Gasteiger charge is -2.30. The summed E-state index contributed by atoms with van der Waals surface area (Å²) in [6.07, 6.45) is 0. The van der Waals surface area contributed by atoms with Crippen molar-refractivity contribution in [2.75, 3.05) is 24.9 Å². The molecule has 39 heavy (non-hydrogen) atoms. The van der Waals surface area contributed by atoms with E-state index in [1.165, 1.54) is 11.8 Å². The third-order valence-electron chi connectivity index (χ3n) is 6.68. The number of methoxy groups -OCH3 is 2. The van der Waals surface area contributed by atoms with Gasteiger partial charge in [-0.25, -0.2) is 4.68 Å². The summed E-state index contributed by atoms with van der Waals surface area (Å²) in [5.41, 5.74) is 4.89. The van der Waals surface area contributed by atoms with Gasteiger partial charge >= 0.3 is 0 Å². The lowest BCUT2D eigenvalue weighted by Crippen LogP contribution is -2.44. The predicted octanol–water partition coefficient (Wildman–Crippen LogP) is 5.00. The first-order valence-electron chi connectivity index (χ1n) is 12.6. The molecule has 0 fully saturated rings. The van der Waals surface area contributed by atoms with Crippen molar-refractivity contribution in [3.8, 4) is 17.2 Å². The van der Waals surface area contributed by atoms with Crippen LogP contribution in [-0.2, 0) is 16.1 Å². The SMILES string of the molecule is COc1ccc(N2C(=O)CSc3c(c(C)nn3-c3ccccc3)[C@@H]2C(=O)NCc2ccc(C)cc2)cc1OC. The summed E-state index contributed by atoms with van der Waals surface area (Å²) in [6.45, 7) is 4.23. The Balaban J connectivity index is 1.62. The van der Waals surface area contributed by atoms with Gasteiger partial charge in [-0.05, 0) is 43.7 Å². The van der Waals surface area contributed by atoms with Crippen molar-refractivity contribution in [3.05, 3.63) is 95.2 Å². The molecule has 0 aliphatic carbocycles. The van der Waals surface area contributed by atoms with Gasteiger partial charge in [-0.1, -0.05) is 59.8 Å². The number of rotatable bonds is 7. The number of carbonyl (C=O) groups is 2. The van der Waals surface area contributed by atoms with Crippen LogP contribution in [0.4, 0.5) is 5.69 Å². The zero-order valence-corrected chi connectivity index (χ0v) is 23.1. The van der Waals surface area contributed by atoms with Crippen molar-refractivity contribution < 1.29 is 19.1 Å². The van der Waals surface area contributed by atoms with Crippen LogP contribution in [0.2, 0.25) is 0 Å². The molecule has 1 aliphatic heterocycles. The smallest absolute Gasteiger partial charge is 0.248 e. The normalized spacial score (nSPS) is 14.9. The zero-order chi connectivity index (χ0) is 27.5. The van der Waals surface area contributed by atoms with Crippen molar-refractivity contribution >= 4 is 29.3 Å². The van der Waals surface area contributed by atoms with Gasteiger partial charge in [0.2, 0.25) is 11.8 Å². The van der Waals surface area contributed by atoms with Crippen molar-refractivity contribution in [1.82, 2.24) is 15.1 Å². The van der Waals surface area contributed by atoms with E-state index >= 15 is 0 Å². The maximum absolute atomic E-state index is 14.1. The van der Waals surface area contributed by atoms with E-state index in [1.807, 2.05) is 73.1 Å². The molecule has 0 unspecified atom stereocenters. The number of aryl methyl sites for hydroxylation is 2. The fourth-order valence-corrected chi connectivity index (χ4v) is 5.78. The minimum atomic E-state index is -0.941. The Hall–Kier alpha value is -4.24. The molecule has 1 aliphatic rings. The number of carbonyl (C=O) groups excluding carboxylic acids is 2. The number of ether oxygens (including phenoxy) is 2. The Morgan fingerprint density at radius 1 is 0.974 bits per heavy atom. The Labute approximate surface area is 231 Å². The molecule has 0 bridgehead atoms. The number of anilines is 1. The topological polar surface area (TPSA) is 85.7 Å². The van der Waals surface area contributed by atoms with Crippen molar-refractivity contribution in [1.29, 1.82) is 0 Å². The molecule has 1 atom stereocenters. The largest absolute Gasteiger partial charge is 0.493 e. The highest BCUT2D eigenvalue weighted by molar-refractivity contribution is 8.00. The predicted molar refractivity (Wildman–Crippen MR) is 152 cm³/mol. The average Bonchev–Trinajstić information content (AvgIpc) is 3.20. The molecule has 2 amide bonds. The third-order valence-corrected chi connectivity index (χ3v) is 7.73. The Kier molecular flexibility index (Phi) is 7.60. The van der Waals surface area contributed by atoms with Gasteiger partial charge in [-0.2, -0.15) is 5.10 Å². The molecule has 3 aromatic carbocycles. The van der Waals surface area contributed by atoms with Crippen LogP contribution in [-0.4, -0.2) is 41.6 Å². The number of nitrogens with zero attached hydrogens (tertiary/aromatic N) is 3. The van der Waals surface area contributed by atoms with Gasteiger partial charge in [0, 0.05) is 23.9 Å². The monoisotopic (exact) mass is 542 g/mol. The lowest BCUT2D eigenvalue weighted by molar-refractivity contribution is -0.126. The van der Waals surface area contributed by atoms with Crippen LogP contribution in [0.15, 0.2) is 77.8 Å². The minimum absolute atomic E-state index is 0.140. The maximum atomic E-state index is 14.1. The van der Waals surface area contributed by atoms with Gasteiger partial charge in [0.25, 0.3) is 0 Å². The second-order valence-electron chi connectivity index (χ2n) is 9.25. The number of benzene rings is 3. The molecule has 1 aromatic heterocycles. The average molecular weight is 543 g/mol. The van der Waals surface area contributed by atoms with E-state index in [9.17, 15) is 9.59 Å². The number of aromatic nitrogens is 2. The van der Waals surface area contributed by atoms with Gasteiger partial charge < -0.3 is 14.8 Å². The first-order chi connectivity index (χ1) is 18.9. The first-order valence-corrected chi connectivity index (χ1v) is 13.5. The van der Waals surface area contributed by atoms with Crippen molar-refractivity contribution in [2.24, 2.45) is 0 Å². The maximum Gasteiger partial charge on any atom is 0.248 e. The van der Waals surface area contributed by atoms with Gasteiger partial charge in [0.15, 0.2) is 11.5 Å². The van der Waals surface area contributed by atoms with Crippen molar-refractivity contribution in [3.63, 3.8) is 0 Å². The molecule has 8 nitrogen and oxygen atoms in total. The van der Waals surface area contributed by atoms with Gasteiger partial charge in [-0.15, -0.1) is 0 Å². The highest BCUT2D eigenvalue weighted by atomic mass is 32.2. The quantitative estimate of drug-likeness (QED) is 0.354. The van der Waals surface area contributed by atoms with Gasteiger partial charge in [0.1, 0.15) is 11.1 Å². The number of hydrogen-bond donors (Lipinski definition) is 1. The van der Waals surface area contributed by atoms with Gasteiger partial charge in [0.05, 0.1) is 31.4 Å². The number of thioether (sulfide) groups is 1. The van der Waals surface area contributed by atoms with Crippen LogP contribution < -0.4 is 19.7 Å². The van der Waals surface area contributed by atoms with Crippen LogP contribution in [0, 0.1) is 13.8 Å². The van der Waals surface area contributed by atoms with E-state index in [2.05, 4.69) is 5.32 Å². The van der Waals surface area contributed by atoms with E-state index in [0.29, 0.717) is 35.0 Å².